The van der Waals surface area contributed by atoms with Crippen LogP contribution in [0, 0.1) is 0 Å². The smallest absolute Gasteiger partial charge is 0.328 e. The third-order valence-corrected chi connectivity index (χ3v) is 4.13. The van der Waals surface area contributed by atoms with Crippen LogP contribution in [0.4, 0.5) is 0 Å². The molecule has 0 aromatic carbocycles. The topological polar surface area (TPSA) is 467 Å². The highest BCUT2D eigenvalue weighted by Gasteiger charge is 2.30. The monoisotopic (exact) mass is 712 g/mol. The van der Waals surface area contributed by atoms with E-state index < -0.39 is 111 Å². The average molecular weight is 713 g/mol. The third-order valence-electron chi connectivity index (χ3n) is 4.13. The molecule has 0 aliphatic carbocycles. The number of carbonyl (C=O) groups is 6. The molecule has 0 saturated heterocycles. The van der Waals surface area contributed by atoms with Gasteiger partial charge in [-0.05, 0) is 0 Å². The molecule has 0 rings (SSSR count). The summed E-state index contributed by atoms with van der Waals surface area (Å²) in [4.78, 5) is 57.3. The second kappa shape index (κ2) is 32.5. The van der Waals surface area contributed by atoms with E-state index in [0.717, 1.165) is 0 Å². The molecule has 0 aromatic rings. The Bertz CT molecular complexity index is 823. The van der Waals surface area contributed by atoms with Gasteiger partial charge in [0, 0.05) is 36.5 Å². The van der Waals surface area contributed by atoms with Crippen molar-refractivity contribution in [3.8, 4) is 0 Å². The van der Waals surface area contributed by atoms with Crippen LogP contribution in [-0.4, -0.2) is 203 Å². The molecule has 0 fully saturated rings. The summed E-state index contributed by atoms with van der Waals surface area (Å²) in [6, 6.07) is 0. The second-order valence-corrected chi connectivity index (χ2v) is 7.99. The summed E-state index contributed by atoms with van der Waals surface area (Å²) in [5.41, 5.74) is 0. The Morgan fingerprint density at radius 3 is 0.479 bits per heavy atom. The van der Waals surface area contributed by atoms with Crippen LogP contribution in [0.2, 0.25) is 0 Å². The fourth-order valence-electron chi connectivity index (χ4n) is 1.77. The maximum absolute atomic E-state index is 9.55. The van der Waals surface area contributed by atoms with Gasteiger partial charge < -0.3 is 91.9 Å². The molecular weight excluding hydrogens is 672 g/mol. The van der Waals surface area contributed by atoms with Crippen LogP contribution in [0.25, 0.3) is 0 Å². The van der Waals surface area contributed by atoms with Crippen molar-refractivity contribution in [3.63, 3.8) is 0 Å². The fraction of sp³-hybridized carbons (Fsp3) is 0.500. The molecule has 24 heteroatoms. The molecule has 0 bridgehead atoms. The lowest BCUT2D eigenvalue weighted by Crippen LogP contribution is -2.46. The zero-order chi connectivity index (χ0) is 39.2. The molecule has 0 spiro atoms. The van der Waals surface area contributed by atoms with Gasteiger partial charge in [-0.3, -0.25) is 0 Å². The highest BCUT2D eigenvalue weighted by molar-refractivity contribution is 5.90. The first-order chi connectivity index (χ1) is 22.0. The van der Waals surface area contributed by atoms with Crippen molar-refractivity contribution < 1.29 is 121 Å². The molecule has 24 nitrogen and oxygen atoms in total. The second-order valence-electron chi connectivity index (χ2n) is 7.99. The van der Waals surface area contributed by atoms with Crippen LogP contribution in [0.3, 0.4) is 0 Å². The van der Waals surface area contributed by atoms with Gasteiger partial charge in [0.25, 0.3) is 0 Å². The van der Waals surface area contributed by atoms with E-state index in [0.29, 0.717) is 36.5 Å². The van der Waals surface area contributed by atoms with Crippen LogP contribution < -0.4 is 0 Å². The lowest BCUT2D eigenvalue weighted by Gasteiger charge is -2.24. The minimum Gasteiger partial charge on any atom is -0.478 e. The molecule has 0 aromatic heterocycles. The van der Waals surface area contributed by atoms with Crippen molar-refractivity contribution in [1.82, 2.24) is 0 Å². The summed E-state index contributed by atoms with van der Waals surface area (Å²) in [7, 11) is 0. The first-order valence-corrected chi connectivity index (χ1v) is 12.3. The predicted octanol–water partition coefficient (Wildman–Crippen LogP) is -8.04. The minimum atomic E-state index is -1.67. The molecule has 18 N–H and O–H groups in total. The summed E-state index contributed by atoms with van der Waals surface area (Å²) >= 11 is 0. The van der Waals surface area contributed by atoms with Crippen molar-refractivity contribution >= 4 is 35.8 Å². The average Bonchev–Trinajstić information content (AvgIpc) is 3.03. The number of rotatable bonds is 16. The molecule has 8 atom stereocenters. The summed E-state index contributed by atoms with van der Waals surface area (Å²) < 4.78 is 0. The fourth-order valence-corrected chi connectivity index (χ4v) is 1.77. The highest BCUT2D eigenvalue weighted by atomic mass is 16.4. The lowest BCUT2D eigenvalue weighted by atomic mass is 10.0. The maximum atomic E-state index is 9.55. The normalized spacial score (nSPS) is 15.5. The Morgan fingerprint density at radius 2 is 0.417 bits per heavy atom. The number of carboxylic acid groups (broad SMARTS) is 6. The molecule has 0 radical (unpaired) electrons. The predicted molar refractivity (Wildman–Crippen MR) is 150 cm³/mol. The molecule has 0 aliphatic heterocycles. The summed E-state index contributed by atoms with van der Waals surface area (Å²) in [6.45, 7) is -2.90. The van der Waals surface area contributed by atoms with E-state index in [2.05, 4.69) is 0 Å². The van der Waals surface area contributed by atoms with Crippen LogP contribution in [0.1, 0.15) is 0 Å². The van der Waals surface area contributed by atoms with Crippen LogP contribution in [-0.2, 0) is 28.8 Å². The van der Waals surface area contributed by atoms with Crippen LogP contribution in [0.5, 0.6) is 0 Å². The molecule has 0 heterocycles. The molecule has 0 aliphatic rings. The lowest BCUT2D eigenvalue weighted by molar-refractivity contribution is -0.134. The van der Waals surface area contributed by atoms with E-state index in [1.54, 1.807) is 0 Å². The standard InChI is InChI=1S/2C6H14O6.3C4H4O4/c2*7-1-3(9)5(11)6(12)4(10)2-8;3*5-3(6)1-2-4(7)8/h2*3-12H,1-2H2;3*1-2H,(H,5,6)(H,7,8)/b;;3*2-1-/t2*3-,4+,5-,6-;;;/m11.../s1. The largest absolute Gasteiger partial charge is 0.478 e. The van der Waals surface area contributed by atoms with Gasteiger partial charge in [0.2, 0.25) is 0 Å². The summed E-state index contributed by atoms with van der Waals surface area (Å²) in [5, 5.41) is 151. The molecule has 0 saturated carbocycles. The van der Waals surface area contributed by atoms with Gasteiger partial charge in [-0.2, -0.15) is 0 Å². The Kier molecular flexibility index (Phi) is 35.9. The van der Waals surface area contributed by atoms with E-state index in [1.807, 2.05) is 0 Å². The molecule has 0 amide bonds. The van der Waals surface area contributed by atoms with Crippen LogP contribution >= 0.6 is 0 Å². The Balaban J connectivity index is -0.000000163. The van der Waals surface area contributed by atoms with E-state index in [-0.39, 0.29) is 0 Å². The van der Waals surface area contributed by atoms with E-state index in [1.165, 1.54) is 0 Å². The van der Waals surface area contributed by atoms with Gasteiger partial charge in [-0.25, -0.2) is 28.8 Å². The van der Waals surface area contributed by atoms with E-state index in [9.17, 15) is 28.8 Å². The Labute approximate surface area is 268 Å². The van der Waals surface area contributed by atoms with Crippen LogP contribution in [0.15, 0.2) is 36.5 Å². The molecule has 0 unspecified atom stereocenters. The highest BCUT2D eigenvalue weighted by Crippen LogP contribution is 2.05. The third kappa shape index (κ3) is 37.7. The minimum absolute atomic E-state index is 0.558. The zero-order valence-corrected chi connectivity index (χ0v) is 24.4. The van der Waals surface area contributed by atoms with Crippen molar-refractivity contribution in [2.24, 2.45) is 0 Å². The van der Waals surface area contributed by atoms with Crippen molar-refractivity contribution in [2.75, 3.05) is 26.4 Å². The summed E-state index contributed by atoms with van der Waals surface area (Å²) in [6.07, 6.45) is -9.44. The van der Waals surface area contributed by atoms with E-state index in [4.69, 9.17) is 91.9 Å². The van der Waals surface area contributed by atoms with E-state index >= 15 is 0 Å². The van der Waals surface area contributed by atoms with Gasteiger partial charge in [-0.15, -0.1) is 0 Å². The van der Waals surface area contributed by atoms with Crippen molar-refractivity contribution in [2.45, 2.75) is 48.8 Å². The first kappa shape index (κ1) is 53.1. The zero-order valence-electron chi connectivity index (χ0n) is 24.4. The first-order valence-electron chi connectivity index (χ1n) is 12.3. The molecule has 280 valence electrons. The number of hydrogen-bond acceptors (Lipinski definition) is 18. The van der Waals surface area contributed by atoms with Crippen molar-refractivity contribution in [1.29, 1.82) is 0 Å². The number of aliphatic carboxylic acids is 6. The molecular formula is C24H40O24. The number of aliphatic hydroxyl groups excluding tert-OH is 12. The van der Waals surface area contributed by atoms with Gasteiger partial charge >= 0.3 is 35.8 Å². The number of carboxylic acids is 6. The molecule has 48 heavy (non-hydrogen) atoms. The summed E-state index contributed by atoms with van der Waals surface area (Å²) in [5.74, 6) is -7.54. The van der Waals surface area contributed by atoms with Crippen molar-refractivity contribution in [3.05, 3.63) is 36.5 Å². The van der Waals surface area contributed by atoms with Gasteiger partial charge in [0.15, 0.2) is 0 Å². The number of hydrogen-bond donors (Lipinski definition) is 18. The van der Waals surface area contributed by atoms with Gasteiger partial charge in [0.1, 0.15) is 48.8 Å². The Hall–Kier alpha value is -4.44. The van der Waals surface area contributed by atoms with Gasteiger partial charge in [0.05, 0.1) is 26.4 Å². The quantitative estimate of drug-likeness (QED) is 0.0660. The SMILES string of the molecule is O=C(O)/C=C\C(=O)O.O=C(O)/C=C\C(=O)O.O=C(O)/C=C\C(=O)O.OC[C@@H](O)[C@@H](O)[C@H](O)[C@@H](O)CO.OC[C@@H](O)[C@@H](O)[C@H](O)[C@@H](O)CO. The maximum Gasteiger partial charge on any atom is 0.328 e. The Morgan fingerprint density at radius 1 is 0.312 bits per heavy atom. The number of aliphatic hydroxyl groups is 12. The van der Waals surface area contributed by atoms with Gasteiger partial charge in [-0.1, -0.05) is 0 Å².